The molecule has 0 radical (unpaired) electrons. The molecule has 2 aromatic heterocycles. The molecule has 9 heteroatoms. The van der Waals surface area contributed by atoms with Crippen LogP contribution in [-0.4, -0.2) is 38.0 Å². The van der Waals surface area contributed by atoms with Crippen LogP contribution < -0.4 is 10.6 Å². The van der Waals surface area contributed by atoms with Crippen LogP contribution in [-0.2, 0) is 11.3 Å². The minimum absolute atomic E-state index is 0.261. The van der Waals surface area contributed by atoms with Crippen molar-refractivity contribution >= 4 is 45.5 Å². The number of amides is 1. The van der Waals surface area contributed by atoms with Crippen LogP contribution in [0.2, 0.25) is 0 Å². The molecule has 0 spiro atoms. The largest absolute Gasteiger partial charge is 0.444 e. The number of benzene rings is 3. The summed E-state index contributed by atoms with van der Waals surface area (Å²) in [5.41, 5.74) is 3.87. The SMILES string of the molecule is CC(C)(C)OC(=O)NC/C=C/c1ccc2ncnc(Nc3ccc4c(cnn4Cc4cccc(F)c4)c3)c2c1. The Morgan fingerprint density at radius 3 is 2.77 bits per heavy atom. The second-order valence-corrected chi connectivity index (χ2v) is 10.1. The summed E-state index contributed by atoms with van der Waals surface area (Å²) >= 11 is 0. The van der Waals surface area contributed by atoms with Gasteiger partial charge in [-0.05, 0) is 74.4 Å². The van der Waals surface area contributed by atoms with Gasteiger partial charge in [0.05, 0.1) is 23.8 Å². The summed E-state index contributed by atoms with van der Waals surface area (Å²) in [7, 11) is 0. The van der Waals surface area contributed by atoms with Gasteiger partial charge in [-0.3, -0.25) is 4.68 Å². The molecule has 8 nitrogen and oxygen atoms in total. The molecule has 198 valence electrons. The molecule has 0 aliphatic heterocycles. The van der Waals surface area contributed by atoms with Gasteiger partial charge in [-0.15, -0.1) is 0 Å². The van der Waals surface area contributed by atoms with E-state index in [0.29, 0.717) is 18.9 Å². The van der Waals surface area contributed by atoms with Gasteiger partial charge in [-0.1, -0.05) is 30.4 Å². The highest BCUT2D eigenvalue weighted by molar-refractivity contribution is 5.93. The van der Waals surface area contributed by atoms with Crippen molar-refractivity contribution in [2.24, 2.45) is 0 Å². The molecule has 1 amide bonds. The van der Waals surface area contributed by atoms with Crippen LogP contribution in [0.15, 0.2) is 79.3 Å². The molecule has 39 heavy (non-hydrogen) atoms. The molecule has 3 aromatic carbocycles. The standard InChI is InChI=1S/C30H29FN6O2/c1-30(2,3)39-29(38)32-13-5-7-20-9-11-26-25(15-20)28(34-19-33-26)36-24-10-12-27-22(16-24)17-35-37(27)18-21-6-4-8-23(31)14-21/h4-12,14-17,19H,13,18H2,1-3H3,(H,32,38)(H,33,34,36)/b7-5+. The summed E-state index contributed by atoms with van der Waals surface area (Å²) < 4.78 is 20.7. The molecule has 0 unspecified atom stereocenters. The number of anilines is 2. The first-order valence-corrected chi connectivity index (χ1v) is 12.6. The van der Waals surface area contributed by atoms with Crippen molar-refractivity contribution in [3.63, 3.8) is 0 Å². The second kappa shape index (κ2) is 10.9. The highest BCUT2D eigenvalue weighted by atomic mass is 19.1. The predicted molar refractivity (Wildman–Crippen MR) is 151 cm³/mol. The summed E-state index contributed by atoms with van der Waals surface area (Å²) in [6.45, 7) is 6.30. The van der Waals surface area contributed by atoms with Gasteiger partial charge in [-0.2, -0.15) is 5.10 Å². The first-order valence-electron chi connectivity index (χ1n) is 12.6. The summed E-state index contributed by atoms with van der Waals surface area (Å²) in [6, 6.07) is 18.4. The number of carbonyl (C=O) groups is 1. The normalized spacial score (nSPS) is 11.8. The van der Waals surface area contributed by atoms with E-state index < -0.39 is 11.7 Å². The Balaban J connectivity index is 1.31. The summed E-state index contributed by atoms with van der Waals surface area (Å²) in [6.07, 6.45) is 6.65. The Kier molecular flexibility index (Phi) is 7.23. The Bertz CT molecular complexity index is 1670. The lowest BCUT2D eigenvalue weighted by molar-refractivity contribution is 0.0534. The van der Waals surface area contributed by atoms with Crippen molar-refractivity contribution in [3.8, 4) is 0 Å². The number of nitrogens with one attached hydrogen (secondary N) is 2. The molecule has 0 bridgehead atoms. The highest BCUT2D eigenvalue weighted by Crippen LogP contribution is 2.27. The molecule has 0 aliphatic rings. The first-order chi connectivity index (χ1) is 18.7. The van der Waals surface area contributed by atoms with Gasteiger partial charge in [0.1, 0.15) is 23.6 Å². The van der Waals surface area contributed by atoms with E-state index in [1.165, 1.54) is 18.5 Å². The van der Waals surface area contributed by atoms with E-state index in [9.17, 15) is 9.18 Å². The third-order valence-electron chi connectivity index (χ3n) is 5.86. The van der Waals surface area contributed by atoms with Crippen molar-refractivity contribution in [1.29, 1.82) is 0 Å². The number of rotatable bonds is 7. The Hall–Kier alpha value is -4.79. The minimum atomic E-state index is -0.538. The third kappa shape index (κ3) is 6.56. The van der Waals surface area contributed by atoms with Crippen molar-refractivity contribution < 1.29 is 13.9 Å². The minimum Gasteiger partial charge on any atom is -0.444 e. The zero-order chi connectivity index (χ0) is 27.4. The summed E-state index contributed by atoms with van der Waals surface area (Å²) in [5.74, 6) is 0.414. The molecule has 5 rings (SSSR count). The van der Waals surface area contributed by atoms with E-state index in [1.54, 1.807) is 12.3 Å². The lowest BCUT2D eigenvalue weighted by Gasteiger charge is -2.19. The molecule has 0 aliphatic carbocycles. The lowest BCUT2D eigenvalue weighted by atomic mass is 10.1. The maximum atomic E-state index is 13.6. The van der Waals surface area contributed by atoms with Gasteiger partial charge in [0.2, 0.25) is 0 Å². The van der Waals surface area contributed by atoms with E-state index >= 15 is 0 Å². The van der Waals surface area contributed by atoms with Crippen LogP contribution >= 0.6 is 0 Å². The van der Waals surface area contributed by atoms with Crippen LogP contribution in [0.4, 0.5) is 20.7 Å². The molecule has 0 saturated carbocycles. The second-order valence-electron chi connectivity index (χ2n) is 10.1. The quantitative estimate of drug-likeness (QED) is 0.254. The Labute approximate surface area is 225 Å². The van der Waals surface area contributed by atoms with Crippen LogP contribution in [0.25, 0.3) is 27.9 Å². The van der Waals surface area contributed by atoms with E-state index in [2.05, 4.69) is 25.7 Å². The fourth-order valence-electron chi connectivity index (χ4n) is 4.16. The fourth-order valence-corrected chi connectivity index (χ4v) is 4.16. The van der Waals surface area contributed by atoms with Gasteiger partial charge >= 0.3 is 6.09 Å². The van der Waals surface area contributed by atoms with Crippen LogP contribution in [0.3, 0.4) is 0 Å². The number of halogens is 1. The van der Waals surface area contributed by atoms with Crippen LogP contribution in [0, 0.1) is 5.82 Å². The summed E-state index contributed by atoms with van der Waals surface area (Å²) in [5, 5.41) is 12.4. The van der Waals surface area contributed by atoms with Crippen molar-refractivity contribution in [2.75, 3.05) is 11.9 Å². The van der Waals surface area contributed by atoms with Gasteiger partial charge in [-0.25, -0.2) is 19.2 Å². The van der Waals surface area contributed by atoms with Gasteiger partial charge in [0.15, 0.2) is 0 Å². The van der Waals surface area contributed by atoms with Crippen molar-refractivity contribution in [1.82, 2.24) is 25.1 Å². The molecule has 5 aromatic rings. The number of alkyl carbamates (subject to hydrolysis) is 1. The number of carbonyl (C=O) groups excluding carboxylic acids is 1. The maximum absolute atomic E-state index is 13.6. The average Bonchev–Trinajstić information content (AvgIpc) is 3.27. The van der Waals surface area contributed by atoms with Crippen LogP contribution in [0.1, 0.15) is 31.9 Å². The molecule has 0 saturated heterocycles. The van der Waals surface area contributed by atoms with Gasteiger partial charge < -0.3 is 15.4 Å². The van der Waals surface area contributed by atoms with Gasteiger partial charge in [0.25, 0.3) is 0 Å². The monoisotopic (exact) mass is 524 g/mol. The fraction of sp³-hybridized carbons (Fsp3) is 0.200. The first kappa shape index (κ1) is 25.8. The zero-order valence-corrected chi connectivity index (χ0v) is 22.0. The highest BCUT2D eigenvalue weighted by Gasteiger charge is 2.15. The van der Waals surface area contributed by atoms with Crippen LogP contribution in [0.5, 0.6) is 0 Å². The van der Waals surface area contributed by atoms with E-state index in [0.717, 1.165) is 38.6 Å². The molecular weight excluding hydrogens is 495 g/mol. The number of hydrogen-bond donors (Lipinski definition) is 2. The topological polar surface area (TPSA) is 94.0 Å². The molecule has 0 atom stereocenters. The smallest absolute Gasteiger partial charge is 0.407 e. The number of nitrogens with zero attached hydrogens (tertiary/aromatic N) is 4. The molecule has 2 heterocycles. The van der Waals surface area contributed by atoms with E-state index in [1.807, 2.05) is 80.1 Å². The predicted octanol–water partition coefficient (Wildman–Crippen LogP) is 6.45. The van der Waals surface area contributed by atoms with Gasteiger partial charge in [0, 0.05) is 23.0 Å². The average molecular weight is 525 g/mol. The number of aromatic nitrogens is 4. The van der Waals surface area contributed by atoms with Crippen molar-refractivity contribution in [2.45, 2.75) is 32.9 Å². The Morgan fingerprint density at radius 1 is 1.08 bits per heavy atom. The lowest BCUT2D eigenvalue weighted by Crippen LogP contribution is -2.32. The summed E-state index contributed by atoms with van der Waals surface area (Å²) in [4.78, 5) is 20.7. The molecule has 0 fully saturated rings. The number of fused-ring (bicyclic) bond motifs is 2. The third-order valence-corrected chi connectivity index (χ3v) is 5.86. The molecule has 2 N–H and O–H groups in total. The van der Waals surface area contributed by atoms with E-state index in [4.69, 9.17) is 4.74 Å². The van der Waals surface area contributed by atoms with E-state index in [-0.39, 0.29) is 5.82 Å². The molecular formula is C30H29FN6O2. The number of ether oxygens (including phenoxy) is 1. The van der Waals surface area contributed by atoms with Crippen molar-refractivity contribution in [3.05, 3.63) is 96.2 Å². The number of hydrogen-bond acceptors (Lipinski definition) is 6. The zero-order valence-electron chi connectivity index (χ0n) is 22.0. The maximum Gasteiger partial charge on any atom is 0.407 e. The Morgan fingerprint density at radius 2 is 1.95 bits per heavy atom.